The minimum Gasteiger partial charge on any atom is -0.811 e. The predicted octanol–water partition coefficient (Wildman–Crippen LogP) is 0.968. The zero-order chi connectivity index (χ0) is 23.3. The number of aliphatic hydroxyl groups excluding tert-OH is 6. The van der Waals surface area contributed by atoms with Crippen LogP contribution in [0.25, 0.3) is 0 Å². The third kappa shape index (κ3) is 101. The van der Waals surface area contributed by atoms with Crippen LogP contribution in [0, 0.1) is 0 Å². The largest absolute Gasteiger partial charge is 0.811 e. The summed E-state index contributed by atoms with van der Waals surface area (Å²) in [6.45, 7) is 5.45. The van der Waals surface area contributed by atoms with Crippen LogP contribution in [0.15, 0.2) is 0 Å². The van der Waals surface area contributed by atoms with Gasteiger partial charge in [0.2, 0.25) is 0 Å². The van der Waals surface area contributed by atoms with E-state index in [0.29, 0.717) is 12.8 Å². The standard InChI is InChI=1S/2C3H7O2.2C3H6OS.CH2O.H2O2S.2Zn/c2*1-3(5)2-4;2*1-2-3(4)5;1-2;1-3-2;;/h2*3-5H,1-2H2;2*2H2,1H3,(H,4,5);1H2;1-2H;;/q;;;;;;2*+1/p-2. The van der Waals surface area contributed by atoms with Crippen LogP contribution in [0.5, 0.6) is 0 Å². The molecule has 0 fully saturated rings. The molecule has 0 aromatic heterocycles. The van der Waals surface area contributed by atoms with E-state index in [1.165, 1.54) is 0 Å². The van der Waals surface area contributed by atoms with Crippen molar-refractivity contribution in [1.29, 1.82) is 0 Å². The Morgan fingerprint density at radius 2 is 1.07 bits per heavy atom. The van der Waals surface area contributed by atoms with Crippen molar-refractivity contribution in [3.8, 4) is 0 Å². The number of carbonyl (C=O) groups is 1. The summed E-state index contributed by atoms with van der Waals surface area (Å²) in [5.74, 6) is 0. The Labute approximate surface area is 196 Å². The fraction of sp³-hybridized carbons (Fsp3) is 0.769. The molecule has 14 heteroatoms. The predicted molar refractivity (Wildman–Crippen MR) is 103 cm³/mol. The maximum atomic E-state index is 8.45. The molecule has 0 aliphatic heterocycles. The van der Waals surface area contributed by atoms with Crippen LogP contribution < -0.4 is 0 Å². The van der Waals surface area contributed by atoms with Crippen LogP contribution in [0.3, 0.4) is 0 Å². The van der Waals surface area contributed by atoms with Gasteiger partial charge in [-0.05, 0) is 24.4 Å². The first-order valence-electron chi connectivity index (χ1n) is 7.38. The summed E-state index contributed by atoms with van der Waals surface area (Å²) < 4.78 is 16.6. The average molecular weight is 555 g/mol. The molecule has 0 heterocycles. The minimum atomic E-state index is -0.750. The van der Waals surface area contributed by atoms with Gasteiger partial charge in [-0.3, -0.25) is 0 Å². The molecule has 0 spiro atoms. The van der Waals surface area contributed by atoms with Gasteiger partial charge >= 0.3 is 92.5 Å². The van der Waals surface area contributed by atoms with Crippen molar-refractivity contribution < 1.29 is 81.1 Å². The number of hydrogen-bond acceptors (Lipinski definition) is 10. The van der Waals surface area contributed by atoms with Gasteiger partial charge in [-0.2, -0.15) is 0 Å². The smallest absolute Gasteiger partial charge is 0.377 e. The first-order chi connectivity index (χ1) is 12.6. The Morgan fingerprint density at radius 1 is 0.926 bits per heavy atom. The molecule has 9 nitrogen and oxygen atoms in total. The Balaban J connectivity index is -0.0000000506. The van der Waals surface area contributed by atoms with E-state index in [2.05, 4.69) is 24.4 Å². The average Bonchev–Trinajstić information content (AvgIpc) is 2.69. The van der Waals surface area contributed by atoms with Crippen molar-refractivity contribution in [3.05, 3.63) is 0 Å². The molecular weight excluding hydrogens is 527 g/mol. The fourth-order valence-electron chi connectivity index (χ4n) is 0.183. The Hall–Kier alpha value is 0.807. The summed E-state index contributed by atoms with van der Waals surface area (Å²) in [4.78, 5) is 8.00. The second-order valence-corrected chi connectivity index (χ2v) is 7.31. The molecule has 156 valence electrons. The Morgan fingerprint density at radius 3 is 1.07 bits per heavy atom. The van der Waals surface area contributed by atoms with Gasteiger partial charge in [0.15, 0.2) is 10.1 Å². The maximum absolute atomic E-state index is 8.45. The van der Waals surface area contributed by atoms with Crippen molar-refractivity contribution >= 4 is 53.6 Å². The van der Waals surface area contributed by atoms with E-state index < -0.39 is 24.5 Å². The van der Waals surface area contributed by atoms with Crippen molar-refractivity contribution in [3.63, 3.8) is 0 Å². The van der Waals surface area contributed by atoms with Gasteiger partial charge < -0.3 is 36.4 Å². The van der Waals surface area contributed by atoms with E-state index >= 15 is 0 Å². The summed E-state index contributed by atoms with van der Waals surface area (Å²) in [6.07, 6.45) is 0.278. The molecular formula is C13H28O9S3Zn2. The van der Waals surface area contributed by atoms with Crippen LogP contribution in [-0.4, -0.2) is 82.1 Å². The van der Waals surface area contributed by atoms with Crippen LogP contribution in [-0.2, 0) is 41.4 Å². The van der Waals surface area contributed by atoms with Gasteiger partial charge in [-0.15, -0.1) is 0 Å². The molecule has 0 amide bonds. The molecule has 0 bridgehead atoms. The van der Waals surface area contributed by atoms with E-state index in [9.17, 15) is 0 Å². The quantitative estimate of drug-likeness (QED) is 0.155. The summed E-state index contributed by atoms with van der Waals surface area (Å²) in [5, 5.41) is 51.0. The Bertz CT molecular complexity index is 249. The number of rotatable bonds is 6. The second-order valence-electron chi connectivity index (χ2n) is 3.81. The van der Waals surface area contributed by atoms with Crippen molar-refractivity contribution in [2.75, 3.05) is 13.2 Å². The molecule has 0 aromatic rings. The minimum absolute atomic E-state index is 0.0833. The number of thiocarbonyl (C=S) groups is 2. The molecule has 27 heavy (non-hydrogen) atoms. The summed E-state index contributed by atoms with van der Waals surface area (Å²) in [6, 6.07) is 0. The summed E-state index contributed by atoms with van der Waals surface area (Å²) >= 11 is 9.87. The number of aliphatic hydroxyl groups is 6. The van der Waals surface area contributed by atoms with Gasteiger partial charge in [0.05, 0.1) is 0 Å². The molecule has 0 radical (unpaired) electrons. The summed E-state index contributed by atoms with van der Waals surface area (Å²) in [7, 11) is 0. The van der Waals surface area contributed by atoms with Gasteiger partial charge in [0.25, 0.3) is 0 Å². The van der Waals surface area contributed by atoms with Gasteiger partial charge in [-0.25, -0.2) is 0 Å². The fourth-order valence-corrected chi connectivity index (χ4v) is 0.949. The number of hydrogen-bond donors (Lipinski definition) is 6. The molecule has 0 aliphatic carbocycles. The molecule has 6 N–H and O–H groups in total. The van der Waals surface area contributed by atoms with Gasteiger partial charge in [0, 0.05) is 12.8 Å². The molecule has 0 aromatic carbocycles. The molecule has 2 unspecified atom stereocenters. The van der Waals surface area contributed by atoms with Crippen LogP contribution in [0.4, 0.5) is 0 Å². The molecule has 2 atom stereocenters. The van der Waals surface area contributed by atoms with Crippen molar-refractivity contribution in [2.45, 2.75) is 48.9 Å². The number of carbonyl (C=O) groups excluding carboxylic acids is 1. The maximum Gasteiger partial charge on any atom is -0.377 e. The van der Waals surface area contributed by atoms with Crippen LogP contribution in [0.1, 0.15) is 26.7 Å². The van der Waals surface area contributed by atoms with E-state index in [1.807, 2.05) is 20.6 Å². The van der Waals surface area contributed by atoms with Crippen molar-refractivity contribution in [1.82, 2.24) is 0 Å². The van der Waals surface area contributed by atoms with Gasteiger partial charge in [-0.1, -0.05) is 13.8 Å². The third-order valence-electron chi connectivity index (χ3n) is 1.69. The molecule has 0 rings (SSSR count). The SMILES string of the molecule is C=O.CCC(O)=S.CCC(O)=S.OCC(O)[CH2][Zn+].OCC(O)[CH2][Zn+].[O-]S[O-]. The van der Waals surface area contributed by atoms with Crippen molar-refractivity contribution in [2.24, 2.45) is 0 Å². The zero-order valence-electron chi connectivity index (χ0n) is 15.7. The van der Waals surface area contributed by atoms with Crippen LogP contribution >= 0.6 is 36.8 Å². The second kappa shape index (κ2) is 45.5. The molecule has 0 aliphatic rings. The molecule has 0 saturated heterocycles. The first kappa shape index (κ1) is 42.0. The topological polar surface area (TPSA) is 185 Å². The first-order valence-corrected chi connectivity index (χ1v) is 13.1. The summed E-state index contributed by atoms with van der Waals surface area (Å²) in [5.41, 5.74) is 0. The Kier molecular flexibility index (Phi) is 70.8. The van der Waals surface area contributed by atoms with E-state index in [-0.39, 0.29) is 23.3 Å². The molecule has 0 saturated carbocycles. The zero-order valence-corrected chi connectivity index (χ0v) is 24.0. The van der Waals surface area contributed by atoms with E-state index in [0.717, 1.165) is 46.6 Å². The van der Waals surface area contributed by atoms with E-state index in [1.54, 1.807) is 0 Å². The normalized spacial score (nSPS) is 10.1. The van der Waals surface area contributed by atoms with E-state index in [4.69, 9.17) is 44.5 Å². The van der Waals surface area contributed by atoms with Crippen LogP contribution in [0.2, 0.25) is 10.0 Å². The third-order valence-corrected chi connectivity index (χ3v) is 5.07. The van der Waals surface area contributed by atoms with Gasteiger partial charge in [0.1, 0.15) is 6.79 Å². The monoisotopic (exact) mass is 552 g/mol.